The van der Waals surface area contributed by atoms with E-state index in [0.29, 0.717) is 6.29 Å². The molecule has 21 heavy (non-hydrogen) atoms. The number of allylic oxidation sites excluding steroid dienone is 1. The van der Waals surface area contributed by atoms with Crippen molar-refractivity contribution >= 4 is 12.3 Å². The van der Waals surface area contributed by atoms with Gasteiger partial charge in [-0.2, -0.15) is 0 Å². The molecule has 0 saturated carbocycles. The minimum absolute atomic E-state index is 0.0155. The molecule has 1 fully saturated rings. The van der Waals surface area contributed by atoms with Gasteiger partial charge in [0.25, 0.3) is 0 Å². The number of rotatable bonds is 6. The van der Waals surface area contributed by atoms with Gasteiger partial charge in [0.05, 0.1) is 6.61 Å². The normalized spacial score (nSPS) is 32.1. The van der Waals surface area contributed by atoms with Gasteiger partial charge in [-0.3, -0.25) is 9.69 Å². The molecular formula is C13H20N2O6. The predicted molar refractivity (Wildman–Crippen MR) is 73.0 cm³/mol. The first-order valence-electron chi connectivity index (χ1n) is 6.37. The van der Waals surface area contributed by atoms with E-state index in [4.69, 9.17) is 4.74 Å². The summed E-state index contributed by atoms with van der Waals surface area (Å²) >= 11 is 0. The summed E-state index contributed by atoms with van der Waals surface area (Å²) in [6.07, 6.45) is 0.0990. The molecule has 0 aromatic carbocycles. The Labute approximate surface area is 122 Å². The van der Waals surface area contributed by atoms with Gasteiger partial charge in [-0.15, -0.1) is 6.58 Å². The van der Waals surface area contributed by atoms with Crippen molar-refractivity contribution in [2.75, 3.05) is 13.7 Å². The highest BCUT2D eigenvalue weighted by Gasteiger charge is 2.57. The highest BCUT2D eigenvalue weighted by Crippen LogP contribution is 2.37. The fraction of sp³-hybridized carbons (Fsp3) is 0.538. The van der Waals surface area contributed by atoms with Gasteiger partial charge < -0.3 is 25.4 Å². The van der Waals surface area contributed by atoms with E-state index in [2.05, 4.69) is 11.9 Å². The standard InChI is InChI=1S/C13H20N2O6/c1-3-5-13(11(19)10(18)9(8-17)21-13)15(6-4-7-16)12(20)14-2/h3-4,6-7,9-11,17-19H,1,5,8H2,2H3,(H,14,20)/b6-4-/t9-,10-,11-,13-/m1/s1. The van der Waals surface area contributed by atoms with Crippen LogP contribution in [0.3, 0.4) is 0 Å². The molecule has 4 atom stereocenters. The lowest BCUT2D eigenvalue weighted by Gasteiger charge is -2.39. The van der Waals surface area contributed by atoms with Crippen LogP contribution in [0.15, 0.2) is 24.9 Å². The Hall–Kier alpha value is -1.74. The van der Waals surface area contributed by atoms with Gasteiger partial charge in [0.15, 0.2) is 5.72 Å². The Bertz CT molecular complexity index is 427. The van der Waals surface area contributed by atoms with Crippen molar-refractivity contribution in [2.24, 2.45) is 0 Å². The molecule has 0 aliphatic carbocycles. The van der Waals surface area contributed by atoms with Crippen molar-refractivity contribution in [3.8, 4) is 0 Å². The maximum Gasteiger partial charge on any atom is 0.323 e. The molecule has 0 aromatic rings. The van der Waals surface area contributed by atoms with Crippen LogP contribution in [0.2, 0.25) is 0 Å². The summed E-state index contributed by atoms with van der Waals surface area (Å²) in [7, 11) is 1.37. The van der Waals surface area contributed by atoms with Crippen molar-refractivity contribution in [3.63, 3.8) is 0 Å². The zero-order valence-corrected chi connectivity index (χ0v) is 11.7. The van der Waals surface area contributed by atoms with Gasteiger partial charge in [0.2, 0.25) is 0 Å². The van der Waals surface area contributed by atoms with Crippen LogP contribution in [-0.2, 0) is 9.53 Å². The van der Waals surface area contributed by atoms with Crippen LogP contribution >= 0.6 is 0 Å². The monoisotopic (exact) mass is 300 g/mol. The van der Waals surface area contributed by atoms with Crippen molar-refractivity contribution in [2.45, 2.75) is 30.5 Å². The number of hydrogen-bond donors (Lipinski definition) is 4. The lowest BCUT2D eigenvalue weighted by atomic mass is 9.98. The van der Waals surface area contributed by atoms with E-state index in [0.717, 1.165) is 17.2 Å². The first-order chi connectivity index (χ1) is 9.98. The largest absolute Gasteiger partial charge is 0.394 e. The molecule has 2 amide bonds. The number of amides is 2. The van der Waals surface area contributed by atoms with Crippen molar-refractivity contribution in [1.82, 2.24) is 10.2 Å². The second-order valence-corrected chi connectivity index (χ2v) is 4.51. The smallest absolute Gasteiger partial charge is 0.323 e. The fourth-order valence-corrected chi connectivity index (χ4v) is 2.30. The van der Waals surface area contributed by atoms with Gasteiger partial charge in [-0.05, 0) is 6.08 Å². The molecule has 0 unspecified atom stereocenters. The first kappa shape index (κ1) is 17.3. The maximum absolute atomic E-state index is 12.0. The number of ether oxygens (including phenoxy) is 1. The van der Waals surface area contributed by atoms with Crippen LogP contribution in [0.1, 0.15) is 6.42 Å². The Kier molecular flexibility index (Phi) is 6.03. The number of carbonyl (C=O) groups excluding carboxylic acids is 2. The second-order valence-electron chi connectivity index (χ2n) is 4.51. The minimum Gasteiger partial charge on any atom is -0.394 e. The number of urea groups is 1. The van der Waals surface area contributed by atoms with E-state index in [-0.39, 0.29) is 6.42 Å². The number of aliphatic hydroxyl groups is 3. The van der Waals surface area contributed by atoms with E-state index >= 15 is 0 Å². The van der Waals surface area contributed by atoms with E-state index in [1.165, 1.54) is 13.1 Å². The summed E-state index contributed by atoms with van der Waals surface area (Å²) in [6, 6.07) is -0.653. The topological polar surface area (TPSA) is 119 Å². The Balaban J connectivity index is 3.29. The van der Waals surface area contributed by atoms with E-state index in [1.54, 1.807) is 0 Å². The van der Waals surface area contributed by atoms with E-state index in [9.17, 15) is 24.9 Å². The number of carbonyl (C=O) groups is 2. The van der Waals surface area contributed by atoms with Gasteiger partial charge in [0, 0.05) is 19.7 Å². The average molecular weight is 300 g/mol. The fourth-order valence-electron chi connectivity index (χ4n) is 2.30. The zero-order chi connectivity index (χ0) is 16.0. The Morgan fingerprint density at radius 1 is 1.52 bits per heavy atom. The summed E-state index contributed by atoms with van der Waals surface area (Å²) in [5.74, 6) is 0. The quantitative estimate of drug-likeness (QED) is 0.276. The highest BCUT2D eigenvalue weighted by molar-refractivity contribution is 5.77. The summed E-state index contributed by atoms with van der Waals surface area (Å²) in [4.78, 5) is 23.5. The molecule has 0 bridgehead atoms. The number of nitrogens with zero attached hydrogens (tertiary/aromatic N) is 1. The summed E-state index contributed by atoms with van der Waals surface area (Å²) in [6.45, 7) is 3.01. The van der Waals surface area contributed by atoms with Gasteiger partial charge in [-0.25, -0.2) is 4.79 Å². The van der Waals surface area contributed by atoms with Crippen LogP contribution < -0.4 is 5.32 Å². The van der Waals surface area contributed by atoms with Crippen LogP contribution in [0.5, 0.6) is 0 Å². The first-order valence-corrected chi connectivity index (χ1v) is 6.37. The lowest BCUT2D eigenvalue weighted by Crippen LogP contribution is -2.58. The maximum atomic E-state index is 12.0. The summed E-state index contributed by atoms with van der Waals surface area (Å²) in [5.41, 5.74) is -1.66. The minimum atomic E-state index is -1.66. The van der Waals surface area contributed by atoms with E-state index in [1.807, 2.05) is 0 Å². The highest BCUT2D eigenvalue weighted by atomic mass is 16.6. The molecule has 0 radical (unpaired) electrons. The van der Waals surface area contributed by atoms with Crippen molar-refractivity contribution in [3.05, 3.63) is 24.9 Å². The number of nitrogens with one attached hydrogen (secondary N) is 1. The number of aliphatic hydroxyl groups excluding tert-OH is 3. The third-order valence-corrected chi connectivity index (χ3v) is 3.29. The van der Waals surface area contributed by atoms with Gasteiger partial charge in [0.1, 0.15) is 24.6 Å². The molecule has 8 nitrogen and oxygen atoms in total. The number of hydrogen-bond acceptors (Lipinski definition) is 6. The zero-order valence-electron chi connectivity index (χ0n) is 11.7. The molecule has 1 aliphatic heterocycles. The molecule has 8 heteroatoms. The van der Waals surface area contributed by atoms with Crippen LogP contribution in [0.4, 0.5) is 4.79 Å². The molecule has 0 spiro atoms. The molecule has 1 saturated heterocycles. The van der Waals surface area contributed by atoms with E-state index < -0.39 is 36.7 Å². The van der Waals surface area contributed by atoms with Gasteiger partial charge >= 0.3 is 6.03 Å². The molecule has 1 heterocycles. The van der Waals surface area contributed by atoms with Crippen LogP contribution in [0, 0.1) is 0 Å². The molecular weight excluding hydrogens is 280 g/mol. The average Bonchev–Trinajstić information content (AvgIpc) is 2.73. The third-order valence-electron chi connectivity index (χ3n) is 3.29. The molecule has 1 aliphatic rings. The summed E-state index contributed by atoms with van der Waals surface area (Å²) < 4.78 is 5.52. The van der Waals surface area contributed by atoms with Crippen LogP contribution in [0.25, 0.3) is 0 Å². The molecule has 118 valence electrons. The van der Waals surface area contributed by atoms with Crippen molar-refractivity contribution < 1.29 is 29.6 Å². The van der Waals surface area contributed by atoms with Crippen molar-refractivity contribution in [1.29, 1.82) is 0 Å². The molecule has 1 rings (SSSR count). The molecule has 0 aromatic heterocycles. The SMILES string of the molecule is C=CC[C@@]1(N(/C=C\C=O)C(=O)NC)O[C@H](CO)[C@@H](O)[C@H]1O. The van der Waals surface area contributed by atoms with Crippen LogP contribution in [-0.4, -0.2) is 70.2 Å². The third kappa shape index (κ3) is 3.13. The predicted octanol–water partition coefficient (Wildman–Crippen LogP) is -1.27. The Morgan fingerprint density at radius 2 is 2.19 bits per heavy atom. The second kappa shape index (κ2) is 7.32. The summed E-state index contributed by atoms with van der Waals surface area (Å²) in [5, 5.41) is 31.7. The number of aldehydes is 1. The Morgan fingerprint density at radius 3 is 2.62 bits per heavy atom. The molecule has 4 N–H and O–H groups in total. The van der Waals surface area contributed by atoms with Gasteiger partial charge in [-0.1, -0.05) is 6.08 Å². The lowest BCUT2D eigenvalue weighted by molar-refractivity contribution is -0.152.